The van der Waals surface area contributed by atoms with Crippen LogP contribution in [-0.4, -0.2) is 78.3 Å². The monoisotopic (exact) mass is 570 g/mol. The Hall–Kier alpha value is -2.75. The maximum atomic E-state index is 13.8. The molecule has 0 N–H and O–H groups in total. The van der Waals surface area contributed by atoms with E-state index >= 15 is 0 Å². The number of rotatable bonds is 8. The lowest BCUT2D eigenvalue weighted by Crippen LogP contribution is -2.46. The molecule has 38 heavy (non-hydrogen) atoms. The number of morpholine rings is 1. The van der Waals surface area contributed by atoms with Crippen LogP contribution in [0.25, 0.3) is 0 Å². The quantitative estimate of drug-likeness (QED) is 0.373. The van der Waals surface area contributed by atoms with Gasteiger partial charge >= 0.3 is 0 Å². The molecule has 0 bridgehead atoms. The van der Waals surface area contributed by atoms with Gasteiger partial charge in [-0.3, -0.25) is 14.5 Å². The van der Waals surface area contributed by atoms with Gasteiger partial charge in [-0.2, -0.15) is 5.10 Å². The van der Waals surface area contributed by atoms with Crippen LogP contribution in [0.4, 0.5) is 0 Å². The maximum absolute atomic E-state index is 13.8. The third-order valence-corrected chi connectivity index (χ3v) is 8.18. The van der Waals surface area contributed by atoms with Crippen molar-refractivity contribution in [2.24, 2.45) is 5.10 Å². The molecule has 1 saturated heterocycles. The van der Waals surface area contributed by atoms with Gasteiger partial charge in [0.05, 0.1) is 29.8 Å². The lowest BCUT2D eigenvalue weighted by atomic mass is 9.98. The first-order valence-electron chi connectivity index (χ1n) is 12.5. The van der Waals surface area contributed by atoms with E-state index in [-0.39, 0.29) is 24.4 Å². The van der Waals surface area contributed by atoms with Crippen molar-refractivity contribution in [3.8, 4) is 0 Å². The van der Waals surface area contributed by atoms with E-state index in [0.29, 0.717) is 47.6 Å². The first-order valence-corrected chi connectivity index (χ1v) is 14.2. The summed E-state index contributed by atoms with van der Waals surface area (Å²) in [5.41, 5.74) is 2.44. The zero-order valence-corrected chi connectivity index (χ0v) is 23.1. The van der Waals surface area contributed by atoms with Gasteiger partial charge in [0.25, 0.3) is 11.8 Å². The van der Waals surface area contributed by atoms with Gasteiger partial charge in [-0.15, -0.1) is 11.3 Å². The topological polar surface area (TPSA) is 65.5 Å². The van der Waals surface area contributed by atoms with E-state index in [1.807, 2.05) is 60.0 Å². The summed E-state index contributed by atoms with van der Waals surface area (Å²) in [5.74, 6) is -0.405. The summed E-state index contributed by atoms with van der Waals surface area (Å²) in [6.07, 6.45) is 0.504. The average molecular weight is 572 g/mol. The smallest absolute Gasteiger partial charge is 0.264 e. The standard InChI is InChI=1S/C28H28Cl2N4O3S/c29-21-9-7-20(8-10-21)25-18-24(22-4-1-2-5-23(22)30)31-34(25)27(35)19-33(28(36)26-6-3-17-38-26)12-11-32-13-15-37-16-14-32/h1-10,17,25H,11-16,18-19H2. The van der Waals surface area contributed by atoms with Gasteiger partial charge in [-0.25, -0.2) is 5.01 Å². The molecular weight excluding hydrogens is 543 g/mol. The number of hydrogen-bond acceptors (Lipinski definition) is 6. The molecule has 2 amide bonds. The zero-order valence-electron chi connectivity index (χ0n) is 20.8. The Morgan fingerprint density at radius 1 is 1.03 bits per heavy atom. The highest BCUT2D eigenvalue weighted by atomic mass is 35.5. The van der Waals surface area contributed by atoms with Crippen LogP contribution >= 0.6 is 34.5 Å². The fourth-order valence-electron chi connectivity index (χ4n) is 4.67. The Morgan fingerprint density at radius 2 is 1.79 bits per heavy atom. The summed E-state index contributed by atoms with van der Waals surface area (Å²) in [6, 6.07) is 18.2. The second-order valence-corrected chi connectivity index (χ2v) is 11.0. The number of thiophene rings is 1. The van der Waals surface area contributed by atoms with Gasteiger partial charge in [-0.1, -0.05) is 59.6 Å². The highest BCUT2D eigenvalue weighted by Crippen LogP contribution is 2.35. The molecule has 10 heteroatoms. The number of halogens is 2. The van der Waals surface area contributed by atoms with Crippen LogP contribution in [0, 0.1) is 0 Å². The molecule has 1 atom stereocenters. The molecule has 2 aliphatic rings. The van der Waals surface area contributed by atoms with E-state index in [2.05, 4.69) is 4.90 Å². The largest absolute Gasteiger partial charge is 0.379 e. The van der Waals surface area contributed by atoms with Crippen molar-refractivity contribution in [2.75, 3.05) is 45.9 Å². The number of benzene rings is 2. The summed E-state index contributed by atoms with van der Waals surface area (Å²) in [4.78, 5) is 31.7. The van der Waals surface area contributed by atoms with E-state index < -0.39 is 0 Å². The summed E-state index contributed by atoms with van der Waals surface area (Å²) in [5, 5.41) is 9.32. The summed E-state index contributed by atoms with van der Waals surface area (Å²) < 4.78 is 5.45. The predicted octanol–water partition coefficient (Wildman–Crippen LogP) is 5.21. The minimum Gasteiger partial charge on any atom is -0.379 e. The van der Waals surface area contributed by atoms with Crippen LogP contribution < -0.4 is 0 Å². The minimum atomic E-state index is -0.330. The van der Waals surface area contributed by atoms with Crippen LogP contribution in [0.5, 0.6) is 0 Å². The van der Waals surface area contributed by atoms with E-state index in [1.165, 1.54) is 16.3 Å². The Balaban J connectivity index is 1.40. The van der Waals surface area contributed by atoms with Crippen molar-refractivity contribution in [1.82, 2.24) is 14.8 Å². The molecule has 2 aliphatic heterocycles. The molecular formula is C28H28Cl2N4O3S. The lowest BCUT2D eigenvalue weighted by Gasteiger charge is -2.31. The number of carbonyl (C=O) groups is 2. The van der Waals surface area contributed by atoms with Crippen LogP contribution in [0.15, 0.2) is 71.1 Å². The van der Waals surface area contributed by atoms with Crippen LogP contribution in [0.2, 0.25) is 10.0 Å². The molecule has 1 fully saturated rings. The van der Waals surface area contributed by atoms with E-state index in [4.69, 9.17) is 33.0 Å². The van der Waals surface area contributed by atoms with Crippen molar-refractivity contribution < 1.29 is 14.3 Å². The zero-order chi connectivity index (χ0) is 26.5. The molecule has 1 unspecified atom stereocenters. The fraction of sp³-hybridized carbons (Fsp3) is 0.321. The Labute approximate surface area is 236 Å². The Kier molecular flexibility index (Phi) is 8.76. The molecule has 3 heterocycles. The van der Waals surface area contributed by atoms with E-state index in [1.54, 1.807) is 11.0 Å². The van der Waals surface area contributed by atoms with Gasteiger partial charge in [0.15, 0.2) is 0 Å². The number of ether oxygens (including phenoxy) is 1. The molecule has 0 aliphatic carbocycles. The van der Waals surface area contributed by atoms with E-state index in [0.717, 1.165) is 29.9 Å². The number of nitrogens with zero attached hydrogens (tertiary/aromatic N) is 4. The molecule has 1 aromatic heterocycles. The molecule has 198 valence electrons. The van der Waals surface area contributed by atoms with Crippen LogP contribution in [-0.2, 0) is 9.53 Å². The third kappa shape index (κ3) is 6.27. The summed E-state index contributed by atoms with van der Waals surface area (Å²) >= 11 is 14.0. The van der Waals surface area contributed by atoms with Gasteiger partial charge < -0.3 is 9.64 Å². The number of carbonyl (C=O) groups excluding carboxylic acids is 2. The molecule has 0 radical (unpaired) electrons. The molecule has 7 nitrogen and oxygen atoms in total. The van der Waals surface area contributed by atoms with Crippen molar-refractivity contribution in [2.45, 2.75) is 12.5 Å². The van der Waals surface area contributed by atoms with Gasteiger partial charge in [-0.05, 0) is 35.2 Å². The Morgan fingerprint density at radius 3 is 2.50 bits per heavy atom. The fourth-order valence-corrected chi connectivity index (χ4v) is 5.74. The first kappa shape index (κ1) is 26.8. The molecule has 3 aromatic rings. The van der Waals surface area contributed by atoms with Gasteiger partial charge in [0, 0.05) is 48.2 Å². The van der Waals surface area contributed by atoms with Crippen molar-refractivity contribution in [1.29, 1.82) is 0 Å². The second kappa shape index (κ2) is 12.4. The van der Waals surface area contributed by atoms with Gasteiger partial charge in [0.1, 0.15) is 6.54 Å². The SMILES string of the molecule is O=C(c1cccs1)N(CCN1CCOCC1)CC(=O)N1N=C(c2ccccc2Cl)CC1c1ccc(Cl)cc1. The van der Waals surface area contributed by atoms with Crippen molar-refractivity contribution in [3.63, 3.8) is 0 Å². The van der Waals surface area contributed by atoms with E-state index in [9.17, 15) is 9.59 Å². The molecule has 5 rings (SSSR count). The van der Waals surface area contributed by atoms with Crippen molar-refractivity contribution >= 4 is 52.1 Å². The second-order valence-electron chi connectivity index (χ2n) is 9.19. The summed E-state index contributed by atoms with van der Waals surface area (Å²) in [6.45, 7) is 3.99. The number of hydrazone groups is 1. The van der Waals surface area contributed by atoms with Crippen molar-refractivity contribution in [3.05, 3.63) is 92.1 Å². The molecule has 2 aromatic carbocycles. The highest BCUT2D eigenvalue weighted by Gasteiger charge is 2.35. The summed E-state index contributed by atoms with van der Waals surface area (Å²) in [7, 11) is 0. The Bertz CT molecular complexity index is 1290. The number of amides is 2. The minimum absolute atomic E-state index is 0.0789. The lowest BCUT2D eigenvalue weighted by molar-refractivity contribution is -0.133. The highest BCUT2D eigenvalue weighted by molar-refractivity contribution is 7.12. The van der Waals surface area contributed by atoms with Crippen LogP contribution in [0.1, 0.15) is 33.3 Å². The number of hydrogen-bond donors (Lipinski definition) is 0. The predicted molar refractivity (Wildman–Crippen MR) is 151 cm³/mol. The molecule has 0 spiro atoms. The average Bonchev–Trinajstić information content (AvgIpc) is 3.63. The van der Waals surface area contributed by atoms with Crippen LogP contribution in [0.3, 0.4) is 0 Å². The first-order chi connectivity index (χ1) is 18.5. The van der Waals surface area contributed by atoms with Gasteiger partial charge in [0.2, 0.25) is 0 Å². The third-order valence-electron chi connectivity index (χ3n) is 6.74. The maximum Gasteiger partial charge on any atom is 0.264 e. The molecule has 0 saturated carbocycles. The normalized spacial score (nSPS) is 17.9.